The van der Waals surface area contributed by atoms with Gasteiger partial charge in [0.05, 0.1) is 24.7 Å². The van der Waals surface area contributed by atoms with E-state index in [9.17, 15) is 10.1 Å². The molecule has 1 atom stereocenters. The van der Waals surface area contributed by atoms with Crippen LogP contribution in [0.25, 0.3) is 0 Å². The van der Waals surface area contributed by atoms with Crippen LogP contribution in [0.1, 0.15) is 22.7 Å². The number of ether oxygens (including phenoxy) is 2. The van der Waals surface area contributed by atoms with Crippen LogP contribution in [0, 0.1) is 18.3 Å². The molecule has 150 valence electrons. The summed E-state index contributed by atoms with van der Waals surface area (Å²) >= 11 is 0. The molecule has 0 saturated carbocycles. The molecular formula is C21H23N5O3. The molecule has 0 bridgehead atoms. The summed E-state index contributed by atoms with van der Waals surface area (Å²) in [6.07, 6.45) is 3.31. The summed E-state index contributed by atoms with van der Waals surface area (Å²) in [7, 11) is 0. The quantitative estimate of drug-likeness (QED) is 0.829. The summed E-state index contributed by atoms with van der Waals surface area (Å²) in [5.74, 6) is -0.167. The number of aryl methyl sites for hydroxylation is 1. The van der Waals surface area contributed by atoms with Gasteiger partial charge >= 0.3 is 0 Å². The number of rotatable bonds is 4. The lowest BCUT2D eigenvalue weighted by atomic mass is 9.85. The summed E-state index contributed by atoms with van der Waals surface area (Å²) in [6, 6.07) is 7.56. The fraction of sp³-hybridized carbons (Fsp3) is 0.381. The number of nitriles is 1. The fourth-order valence-electron chi connectivity index (χ4n) is 3.91. The molecule has 2 aromatic heterocycles. The van der Waals surface area contributed by atoms with E-state index >= 15 is 0 Å². The molecule has 0 aromatic carbocycles. The Morgan fingerprint density at radius 2 is 2.14 bits per heavy atom. The van der Waals surface area contributed by atoms with Crippen molar-refractivity contribution in [2.75, 3.05) is 32.8 Å². The first kappa shape index (κ1) is 19.2. The lowest BCUT2D eigenvalue weighted by Crippen LogP contribution is -2.40. The number of nitrogens with zero attached hydrogens (tertiary/aromatic N) is 4. The number of morpholine rings is 1. The van der Waals surface area contributed by atoms with Crippen LogP contribution in [0.15, 0.2) is 46.8 Å². The van der Waals surface area contributed by atoms with E-state index in [1.165, 1.54) is 0 Å². The SMILES string of the molecule is Cc1cc2c(c(=O)n1CCN1CCOCC1)C(c1cccnc1)C(C#N)=C(N)O2. The molecule has 2 aromatic rings. The van der Waals surface area contributed by atoms with Crippen LogP contribution in [0.4, 0.5) is 0 Å². The van der Waals surface area contributed by atoms with Crippen LogP contribution in [-0.2, 0) is 11.3 Å². The van der Waals surface area contributed by atoms with E-state index in [0.717, 1.165) is 30.9 Å². The molecule has 0 amide bonds. The number of allylic oxidation sites excluding steroid dienone is 1. The Bertz CT molecular complexity index is 1030. The monoisotopic (exact) mass is 393 g/mol. The van der Waals surface area contributed by atoms with Gasteiger partial charge in [0.25, 0.3) is 5.56 Å². The Labute approximate surface area is 168 Å². The highest BCUT2D eigenvalue weighted by Gasteiger charge is 2.34. The van der Waals surface area contributed by atoms with Crippen molar-refractivity contribution in [1.82, 2.24) is 14.5 Å². The first-order valence-corrected chi connectivity index (χ1v) is 9.62. The number of hydrogen-bond acceptors (Lipinski definition) is 7. The summed E-state index contributed by atoms with van der Waals surface area (Å²) in [6.45, 7) is 6.33. The first-order chi connectivity index (χ1) is 14.1. The molecule has 8 heteroatoms. The van der Waals surface area contributed by atoms with Crippen LogP contribution < -0.4 is 16.0 Å². The maximum absolute atomic E-state index is 13.5. The van der Waals surface area contributed by atoms with E-state index in [2.05, 4.69) is 16.0 Å². The molecule has 2 N–H and O–H groups in total. The van der Waals surface area contributed by atoms with Crippen molar-refractivity contribution in [2.24, 2.45) is 5.73 Å². The molecule has 0 spiro atoms. The topological polar surface area (TPSA) is 106 Å². The molecule has 1 unspecified atom stereocenters. The Balaban J connectivity index is 1.77. The predicted octanol–water partition coefficient (Wildman–Crippen LogP) is 1.10. The van der Waals surface area contributed by atoms with Crippen molar-refractivity contribution in [3.05, 3.63) is 69.2 Å². The van der Waals surface area contributed by atoms with Crippen LogP contribution in [-0.4, -0.2) is 47.3 Å². The molecule has 1 saturated heterocycles. The summed E-state index contributed by atoms with van der Waals surface area (Å²) in [5.41, 5.74) is 8.03. The zero-order valence-electron chi connectivity index (χ0n) is 16.3. The van der Waals surface area contributed by atoms with Gasteiger partial charge in [-0.25, -0.2) is 0 Å². The van der Waals surface area contributed by atoms with Gasteiger partial charge in [-0.3, -0.25) is 14.7 Å². The highest BCUT2D eigenvalue weighted by molar-refractivity contribution is 5.54. The van der Waals surface area contributed by atoms with Crippen LogP contribution in [0.3, 0.4) is 0 Å². The Morgan fingerprint density at radius 3 is 2.83 bits per heavy atom. The number of aromatic nitrogens is 2. The Kier molecular flexibility index (Phi) is 5.34. The molecule has 8 nitrogen and oxygen atoms in total. The van der Waals surface area contributed by atoms with Gasteiger partial charge in [-0.15, -0.1) is 0 Å². The Morgan fingerprint density at radius 1 is 1.34 bits per heavy atom. The van der Waals surface area contributed by atoms with Crippen molar-refractivity contribution >= 4 is 0 Å². The van der Waals surface area contributed by atoms with Crippen molar-refractivity contribution in [2.45, 2.75) is 19.4 Å². The number of pyridine rings is 2. The molecule has 1 fully saturated rings. The zero-order valence-corrected chi connectivity index (χ0v) is 16.3. The maximum Gasteiger partial charge on any atom is 0.258 e. The van der Waals surface area contributed by atoms with Gasteiger partial charge in [0.1, 0.15) is 17.4 Å². The third kappa shape index (κ3) is 3.62. The molecule has 4 heterocycles. The molecular weight excluding hydrogens is 370 g/mol. The fourth-order valence-corrected chi connectivity index (χ4v) is 3.91. The average Bonchev–Trinajstić information content (AvgIpc) is 2.74. The largest absolute Gasteiger partial charge is 0.440 e. The second kappa shape index (κ2) is 8.07. The van der Waals surface area contributed by atoms with Crippen molar-refractivity contribution in [3.63, 3.8) is 0 Å². The van der Waals surface area contributed by atoms with Gasteiger partial charge < -0.3 is 19.8 Å². The minimum absolute atomic E-state index is 0.0266. The van der Waals surface area contributed by atoms with Gasteiger partial charge in [-0.05, 0) is 18.6 Å². The van der Waals surface area contributed by atoms with E-state index in [1.807, 2.05) is 19.1 Å². The summed E-state index contributed by atoms with van der Waals surface area (Å²) in [5, 5.41) is 9.69. The molecule has 2 aliphatic heterocycles. The molecule has 0 radical (unpaired) electrons. The van der Waals surface area contributed by atoms with E-state index in [-0.39, 0.29) is 17.0 Å². The van der Waals surface area contributed by atoms with Gasteiger partial charge in [-0.1, -0.05) is 6.07 Å². The van der Waals surface area contributed by atoms with E-state index in [1.54, 1.807) is 23.0 Å². The molecule has 4 rings (SSSR count). The average molecular weight is 393 g/mol. The standard InChI is InChI=1S/C21H23N5O3/c1-14-11-17-19(21(27)26(14)6-5-25-7-9-28-10-8-25)18(15-3-2-4-24-13-15)16(12-22)20(23)29-17/h2-4,11,13,18H,5-10,23H2,1H3. The van der Waals surface area contributed by atoms with Crippen molar-refractivity contribution in [3.8, 4) is 11.8 Å². The summed E-state index contributed by atoms with van der Waals surface area (Å²) in [4.78, 5) is 19.9. The predicted molar refractivity (Wildman–Crippen MR) is 106 cm³/mol. The van der Waals surface area contributed by atoms with E-state index in [4.69, 9.17) is 15.2 Å². The highest BCUT2D eigenvalue weighted by atomic mass is 16.5. The van der Waals surface area contributed by atoms with E-state index < -0.39 is 5.92 Å². The smallest absolute Gasteiger partial charge is 0.258 e. The number of nitrogens with two attached hydrogens (primary N) is 1. The lowest BCUT2D eigenvalue weighted by molar-refractivity contribution is 0.0362. The van der Waals surface area contributed by atoms with Gasteiger partial charge in [0.2, 0.25) is 5.88 Å². The van der Waals surface area contributed by atoms with Crippen LogP contribution in [0.5, 0.6) is 5.75 Å². The maximum atomic E-state index is 13.5. The van der Waals surface area contributed by atoms with Gasteiger partial charge in [0.15, 0.2) is 0 Å². The minimum atomic E-state index is -0.597. The first-order valence-electron chi connectivity index (χ1n) is 9.62. The molecule has 29 heavy (non-hydrogen) atoms. The number of fused-ring (bicyclic) bond motifs is 1. The minimum Gasteiger partial charge on any atom is -0.440 e. The highest BCUT2D eigenvalue weighted by Crippen LogP contribution is 2.40. The summed E-state index contributed by atoms with van der Waals surface area (Å²) < 4.78 is 12.8. The molecule has 0 aliphatic carbocycles. The van der Waals surface area contributed by atoms with Crippen molar-refractivity contribution < 1.29 is 9.47 Å². The zero-order chi connectivity index (χ0) is 20.4. The van der Waals surface area contributed by atoms with Crippen molar-refractivity contribution in [1.29, 1.82) is 5.26 Å². The third-order valence-electron chi connectivity index (χ3n) is 5.45. The number of hydrogen-bond donors (Lipinski definition) is 1. The van der Waals surface area contributed by atoms with E-state index in [0.29, 0.717) is 31.1 Å². The second-order valence-corrected chi connectivity index (χ2v) is 7.19. The Hall–Kier alpha value is -3.15. The van der Waals surface area contributed by atoms with Crippen LogP contribution >= 0.6 is 0 Å². The second-order valence-electron chi connectivity index (χ2n) is 7.19. The molecule has 2 aliphatic rings. The lowest BCUT2D eigenvalue weighted by Gasteiger charge is -2.29. The van der Waals surface area contributed by atoms with Crippen LogP contribution in [0.2, 0.25) is 0 Å². The third-order valence-corrected chi connectivity index (χ3v) is 5.45. The normalized spacial score (nSPS) is 19.4. The van der Waals surface area contributed by atoms with Gasteiger partial charge in [0, 0.05) is 50.3 Å². The van der Waals surface area contributed by atoms with Gasteiger partial charge in [-0.2, -0.15) is 5.26 Å².